The van der Waals surface area contributed by atoms with E-state index in [1.165, 1.54) is 129 Å². The minimum Gasteiger partial charge on any atom is -0.376 e. The van der Waals surface area contributed by atoms with Crippen LogP contribution in [0.15, 0.2) is 176 Å². The van der Waals surface area contributed by atoms with E-state index in [2.05, 4.69) is 294 Å². The zero-order valence-corrected chi connectivity index (χ0v) is 52.5. The van der Waals surface area contributed by atoms with Crippen LogP contribution in [0.5, 0.6) is 0 Å². The van der Waals surface area contributed by atoms with Gasteiger partial charge in [0.15, 0.2) is 0 Å². The monoisotopic (exact) mass is 1100 g/mol. The largest absolute Gasteiger partial charge is 0.376 e. The summed E-state index contributed by atoms with van der Waals surface area (Å²) in [6, 6.07) is 69.2. The van der Waals surface area contributed by atoms with Gasteiger partial charge in [-0.1, -0.05) is 195 Å². The van der Waals surface area contributed by atoms with E-state index in [4.69, 9.17) is 0 Å². The average Bonchev–Trinajstić information content (AvgIpc) is 1.24. The van der Waals surface area contributed by atoms with E-state index in [1.54, 1.807) is 0 Å². The molecular weight excluding hydrogens is 1010 g/mol. The fourth-order valence-corrected chi connectivity index (χ4v) is 16.7. The van der Waals surface area contributed by atoms with Crippen molar-refractivity contribution in [2.45, 2.75) is 167 Å². The van der Waals surface area contributed by atoms with Gasteiger partial charge in [-0.2, -0.15) is 0 Å². The maximum atomic E-state index is 2.81. The number of rotatable bonds is 5. The number of benzene rings is 9. The molecule has 0 fully saturated rings. The quantitative estimate of drug-likeness (QED) is 0.159. The highest BCUT2D eigenvalue weighted by molar-refractivity contribution is 6.93. The molecule has 0 N–H and O–H groups in total. The number of nitrogens with zero attached hydrogens (tertiary/aromatic N) is 3. The standard InChI is InChI=1S/C80H82BN3/c1-74(2,3)49-30-32-52(33-31-49)84-68-47-63-57(56-42-53(34-36-61(56)79(63,12)13)82(50-24-18-16-19-25-50)51-26-20-17-21-27-51)44-59(68)71-72-58(55-28-22-23-29-60(55)80(72,14)15)45-70-73(71)81(84)67-46-65-66(78(10,11)41-40-77(65,8)9)48-69(67)83(70)54-35-37-62-64(43-54)76(6,7)39-38-75(62,4)5/h16-37,42-48H,38-41H2,1-15H3. The maximum absolute atomic E-state index is 2.81. The van der Waals surface area contributed by atoms with E-state index in [0.717, 1.165) is 36.3 Å². The molecule has 0 saturated carbocycles. The minimum atomic E-state index is -0.293. The molecule has 2 heterocycles. The van der Waals surface area contributed by atoms with Gasteiger partial charge in [0.05, 0.1) is 0 Å². The summed E-state index contributed by atoms with van der Waals surface area (Å²) in [5.41, 5.74) is 33.1. The van der Waals surface area contributed by atoms with E-state index < -0.39 is 0 Å². The highest BCUT2D eigenvalue weighted by Crippen LogP contribution is 2.62. The third kappa shape index (κ3) is 7.50. The number of fused-ring (bicyclic) bond motifs is 13. The van der Waals surface area contributed by atoms with Crippen LogP contribution in [0.1, 0.15) is 180 Å². The maximum Gasteiger partial charge on any atom is 0.333 e. The lowest BCUT2D eigenvalue weighted by Crippen LogP contribution is -2.62. The summed E-state index contributed by atoms with van der Waals surface area (Å²) >= 11 is 0. The summed E-state index contributed by atoms with van der Waals surface area (Å²) in [6.45, 7) is 36.8. The summed E-state index contributed by atoms with van der Waals surface area (Å²) < 4.78 is 0. The molecular formula is C80H82BN3. The molecule has 84 heavy (non-hydrogen) atoms. The molecule has 0 saturated heterocycles. The second-order valence-electron chi connectivity index (χ2n) is 30.7. The van der Waals surface area contributed by atoms with Crippen LogP contribution >= 0.6 is 0 Å². The van der Waals surface area contributed by atoms with Gasteiger partial charge in [0.2, 0.25) is 0 Å². The Bertz CT molecular complexity index is 4200. The van der Waals surface area contributed by atoms with Gasteiger partial charge < -0.3 is 14.6 Å². The van der Waals surface area contributed by atoms with Crippen LogP contribution in [0.2, 0.25) is 0 Å². The van der Waals surface area contributed by atoms with E-state index in [9.17, 15) is 0 Å². The van der Waals surface area contributed by atoms with E-state index in [0.29, 0.717) is 0 Å². The first kappa shape index (κ1) is 53.2. The van der Waals surface area contributed by atoms with Crippen molar-refractivity contribution in [1.82, 2.24) is 0 Å². The Hall–Kier alpha value is -7.56. The van der Waals surface area contributed by atoms with Crippen molar-refractivity contribution in [3.8, 4) is 33.4 Å². The van der Waals surface area contributed by atoms with Gasteiger partial charge in [-0.15, -0.1) is 0 Å². The zero-order chi connectivity index (χ0) is 58.6. The van der Waals surface area contributed by atoms with Crippen molar-refractivity contribution in [3.05, 3.63) is 226 Å². The van der Waals surface area contributed by atoms with Gasteiger partial charge in [0, 0.05) is 61.9 Å². The highest BCUT2D eigenvalue weighted by Gasteiger charge is 2.53. The zero-order valence-electron chi connectivity index (χ0n) is 52.5. The molecule has 0 amide bonds. The molecule has 15 rings (SSSR count). The Morgan fingerprint density at radius 3 is 1.54 bits per heavy atom. The fourth-order valence-electron chi connectivity index (χ4n) is 16.7. The van der Waals surface area contributed by atoms with E-state index >= 15 is 0 Å². The third-order valence-electron chi connectivity index (χ3n) is 21.9. The van der Waals surface area contributed by atoms with Crippen LogP contribution in [-0.2, 0) is 37.9 Å². The lowest BCUT2D eigenvalue weighted by molar-refractivity contribution is 0.332. The van der Waals surface area contributed by atoms with Crippen molar-refractivity contribution < 1.29 is 0 Å². The Labute approximate surface area is 501 Å². The molecule has 0 atom stereocenters. The molecule has 420 valence electrons. The second kappa shape index (κ2) is 17.5. The Morgan fingerprint density at radius 2 is 0.905 bits per heavy atom. The van der Waals surface area contributed by atoms with Crippen LogP contribution in [0.4, 0.5) is 45.5 Å². The van der Waals surface area contributed by atoms with Crippen LogP contribution in [0.25, 0.3) is 33.4 Å². The summed E-state index contributed by atoms with van der Waals surface area (Å²) in [7, 11) is 0. The van der Waals surface area contributed by atoms with E-state index in [1.807, 2.05) is 0 Å². The van der Waals surface area contributed by atoms with Gasteiger partial charge in [-0.3, -0.25) is 0 Å². The van der Waals surface area contributed by atoms with Gasteiger partial charge in [-0.25, -0.2) is 0 Å². The first-order chi connectivity index (χ1) is 39.8. The fraction of sp³-hybridized carbons (Fsp3) is 0.325. The smallest absolute Gasteiger partial charge is 0.333 e. The van der Waals surface area contributed by atoms with Crippen molar-refractivity contribution in [1.29, 1.82) is 0 Å². The summed E-state index contributed by atoms with van der Waals surface area (Å²) in [5.74, 6) is 0. The number of hydrogen-bond acceptors (Lipinski definition) is 3. The van der Waals surface area contributed by atoms with Crippen molar-refractivity contribution in [2.75, 3.05) is 14.6 Å². The van der Waals surface area contributed by atoms with Crippen LogP contribution in [0, 0.1) is 0 Å². The predicted molar refractivity (Wildman–Crippen MR) is 359 cm³/mol. The van der Waals surface area contributed by atoms with E-state index in [-0.39, 0.29) is 44.8 Å². The van der Waals surface area contributed by atoms with Crippen LogP contribution in [-0.4, -0.2) is 6.85 Å². The minimum absolute atomic E-state index is 0.000626. The van der Waals surface area contributed by atoms with Gasteiger partial charge in [0.1, 0.15) is 0 Å². The van der Waals surface area contributed by atoms with Gasteiger partial charge in [-0.05, 0) is 227 Å². The lowest BCUT2D eigenvalue weighted by atomic mass is 9.42. The molecule has 0 aromatic heterocycles. The Morgan fingerprint density at radius 1 is 0.381 bits per heavy atom. The summed E-state index contributed by atoms with van der Waals surface area (Å²) in [6.07, 6.45) is 4.64. The lowest BCUT2D eigenvalue weighted by Gasteiger charge is -2.49. The van der Waals surface area contributed by atoms with Crippen molar-refractivity contribution in [3.63, 3.8) is 0 Å². The molecule has 2 aliphatic heterocycles. The molecule has 0 bridgehead atoms. The molecule has 4 aliphatic carbocycles. The SMILES string of the molecule is CC(C)(C)c1ccc(N2B3c4cc5c(cc4N(c4ccc6c(c4)C(C)(C)CCC6(C)C)c4cc6c(c(c43)-c3cc4c(cc32)C(C)(C)c2ccc(N(c3ccccc3)c3ccccc3)cc2-4)C(C)(C)c2ccccc2-6)C(C)(C)CCC5(C)C)cc1. The van der Waals surface area contributed by atoms with Gasteiger partial charge in [0.25, 0.3) is 0 Å². The molecule has 9 aromatic carbocycles. The average molecular weight is 1100 g/mol. The molecule has 4 heteroatoms. The van der Waals surface area contributed by atoms with Crippen LogP contribution in [0.3, 0.4) is 0 Å². The molecule has 6 aliphatic rings. The first-order valence-electron chi connectivity index (χ1n) is 31.4. The highest BCUT2D eigenvalue weighted by atomic mass is 15.2. The van der Waals surface area contributed by atoms with Crippen molar-refractivity contribution >= 4 is 63.3 Å². The first-order valence-corrected chi connectivity index (χ1v) is 31.4. The molecule has 3 nitrogen and oxygen atoms in total. The van der Waals surface area contributed by atoms with Gasteiger partial charge >= 0.3 is 6.85 Å². The molecule has 0 spiro atoms. The van der Waals surface area contributed by atoms with Crippen molar-refractivity contribution in [2.24, 2.45) is 0 Å². The number of hydrogen-bond donors (Lipinski definition) is 0. The molecule has 0 radical (unpaired) electrons. The molecule has 9 aromatic rings. The topological polar surface area (TPSA) is 9.72 Å². The number of para-hydroxylation sites is 2. The normalized spacial score (nSPS) is 18.7. The third-order valence-corrected chi connectivity index (χ3v) is 21.9. The predicted octanol–water partition coefficient (Wildman–Crippen LogP) is 20.5. The van der Waals surface area contributed by atoms with Crippen LogP contribution < -0.4 is 25.5 Å². The Balaban J connectivity index is 1.08. The molecule has 0 unspecified atom stereocenters. The summed E-state index contributed by atoms with van der Waals surface area (Å²) in [5, 5.41) is 0. The second-order valence-corrected chi connectivity index (χ2v) is 30.7. The number of anilines is 8. The Kier molecular flexibility index (Phi) is 11.1. The summed E-state index contributed by atoms with van der Waals surface area (Å²) in [4.78, 5) is 8.00.